The van der Waals surface area contributed by atoms with Gasteiger partial charge in [0.1, 0.15) is 5.75 Å². The van der Waals surface area contributed by atoms with E-state index in [1.807, 2.05) is 0 Å². The van der Waals surface area contributed by atoms with Crippen molar-refractivity contribution in [2.24, 2.45) is 5.10 Å². The van der Waals surface area contributed by atoms with Crippen molar-refractivity contribution in [3.63, 3.8) is 0 Å². The van der Waals surface area contributed by atoms with Crippen LogP contribution in [0.1, 0.15) is 12.0 Å². The predicted molar refractivity (Wildman–Crippen MR) is 104 cm³/mol. The fraction of sp³-hybridized carbons (Fsp3) is 0.300. The van der Waals surface area contributed by atoms with E-state index in [1.165, 1.54) is 30.3 Å². The van der Waals surface area contributed by atoms with Gasteiger partial charge in [-0.15, -0.1) is 0 Å². The average Bonchev–Trinajstić information content (AvgIpc) is 3.17. The van der Waals surface area contributed by atoms with E-state index in [1.54, 1.807) is 0 Å². The van der Waals surface area contributed by atoms with E-state index in [9.17, 15) is 50.7 Å². The van der Waals surface area contributed by atoms with E-state index in [0.717, 1.165) is 24.3 Å². The molecule has 2 aromatic carbocycles. The van der Waals surface area contributed by atoms with Gasteiger partial charge in [0, 0.05) is 18.6 Å². The third-order valence-electron chi connectivity index (χ3n) is 4.99. The minimum Gasteiger partial charge on any atom is -0.484 e. The monoisotopic (exact) mass is 509 g/mol. The van der Waals surface area contributed by atoms with E-state index >= 15 is 0 Å². The zero-order valence-electron chi connectivity index (χ0n) is 17.2. The number of benzene rings is 2. The Morgan fingerprint density at radius 3 is 2.14 bits per heavy atom. The number of carbonyl (C=O) groups is 1. The maximum Gasteiger partial charge on any atom is 0.460 e. The number of carbonyl (C=O) groups excluding carboxylic acids is 1. The van der Waals surface area contributed by atoms with Crippen LogP contribution >= 0.6 is 0 Å². The van der Waals surface area contributed by atoms with Gasteiger partial charge in [-0.1, -0.05) is 30.3 Å². The molecule has 0 aromatic heterocycles. The van der Waals surface area contributed by atoms with Gasteiger partial charge in [0.25, 0.3) is 11.6 Å². The Morgan fingerprint density at radius 2 is 1.63 bits per heavy atom. The topological polar surface area (TPSA) is 105 Å². The van der Waals surface area contributed by atoms with Crippen molar-refractivity contribution in [2.45, 2.75) is 30.2 Å². The lowest BCUT2D eigenvalue weighted by Crippen LogP contribution is -2.69. The largest absolute Gasteiger partial charge is 0.484 e. The minimum atomic E-state index is -6.77. The third-order valence-corrected chi connectivity index (χ3v) is 4.99. The molecule has 3 rings (SSSR count). The lowest BCUT2D eigenvalue weighted by atomic mass is 9.91. The number of nitro groups is 1. The predicted octanol–water partition coefficient (Wildman–Crippen LogP) is 4.13. The Hall–Kier alpha value is -3.75. The number of aliphatic hydroxyl groups is 1. The molecule has 0 radical (unpaired) electrons. The summed E-state index contributed by atoms with van der Waals surface area (Å²) in [6.07, 6.45) is -8.33. The molecule has 2 aromatic rings. The maximum absolute atomic E-state index is 14.7. The van der Waals surface area contributed by atoms with E-state index in [4.69, 9.17) is 4.74 Å². The van der Waals surface area contributed by atoms with Gasteiger partial charge >= 0.3 is 18.0 Å². The molecule has 15 heteroatoms. The van der Waals surface area contributed by atoms with Crippen LogP contribution < -0.4 is 4.74 Å². The Morgan fingerprint density at radius 1 is 1.06 bits per heavy atom. The zero-order valence-corrected chi connectivity index (χ0v) is 17.2. The smallest absolute Gasteiger partial charge is 0.460 e. The van der Waals surface area contributed by atoms with Crippen LogP contribution in [0.25, 0.3) is 0 Å². The van der Waals surface area contributed by atoms with Crippen LogP contribution in [0.5, 0.6) is 5.75 Å². The summed E-state index contributed by atoms with van der Waals surface area (Å²) in [5.41, 5.74) is -5.35. The molecule has 1 heterocycles. The van der Waals surface area contributed by atoms with E-state index in [2.05, 4.69) is 5.10 Å². The molecular weight excluding hydrogens is 495 g/mol. The summed E-state index contributed by atoms with van der Waals surface area (Å²) in [5, 5.41) is 24.0. The highest BCUT2D eigenvalue weighted by atomic mass is 19.4. The number of ether oxygens (including phenoxy) is 1. The van der Waals surface area contributed by atoms with Gasteiger partial charge in [-0.05, 0) is 17.7 Å². The number of alkyl halides is 7. The second kappa shape index (κ2) is 8.79. The van der Waals surface area contributed by atoms with Crippen LogP contribution in [-0.4, -0.2) is 57.0 Å². The molecule has 8 nitrogen and oxygen atoms in total. The molecule has 188 valence electrons. The normalized spacial score (nSPS) is 18.9. The van der Waals surface area contributed by atoms with E-state index < -0.39 is 58.3 Å². The van der Waals surface area contributed by atoms with Crippen LogP contribution in [-0.2, 0) is 4.79 Å². The molecule has 0 unspecified atom stereocenters. The lowest BCUT2D eigenvalue weighted by Gasteiger charge is -2.41. The highest BCUT2D eigenvalue weighted by molar-refractivity contribution is 6.03. The summed E-state index contributed by atoms with van der Waals surface area (Å²) in [5.74, 6) is -14.9. The summed E-state index contributed by atoms with van der Waals surface area (Å²) in [7, 11) is 0. The quantitative estimate of drug-likeness (QED) is 0.343. The molecule has 0 bridgehead atoms. The van der Waals surface area contributed by atoms with E-state index in [0.29, 0.717) is 0 Å². The summed E-state index contributed by atoms with van der Waals surface area (Å²) in [6, 6.07) is 10.7. The summed E-state index contributed by atoms with van der Waals surface area (Å²) >= 11 is 0. The average molecular weight is 509 g/mol. The van der Waals surface area contributed by atoms with Crippen LogP contribution in [0.2, 0.25) is 0 Å². The first-order valence-corrected chi connectivity index (χ1v) is 9.50. The molecule has 0 saturated heterocycles. The fourth-order valence-corrected chi connectivity index (χ4v) is 3.14. The molecule has 0 saturated carbocycles. The van der Waals surface area contributed by atoms with Gasteiger partial charge in [0.2, 0.25) is 5.72 Å². The lowest BCUT2D eigenvalue weighted by molar-refractivity contribution is -0.401. The van der Waals surface area contributed by atoms with Gasteiger partial charge in [0.15, 0.2) is 6.61 Å². The van der Waals surface area contributed by atoms with Gasteiger partial charge < -0.3 is 9.84 Å². The summed E-state index contributed by atoms with van der Waals surface area (Å²) in [6.45, 7) is -1.24. The number of hydrogen-bond donors (Lipinski definition) is 1. The van der Waals surface area contributed by atoms with Gasteiger partial charge in [-0.3, -0.25) is 14.9 Å². The van der Waals surface area contributed by atoms with Gasteiger partial charge in [-0.2, -0.15) is 40.8 Å². The number of rotatable bonds is 7. The van der Waals surface area contributed by atoms with Crippen LogP contribution in [0.15, 0.2) is 59.7 Å². The second-order valence-electron chi connectivity index (χ2n) is 7.30. The molecule has 35 heavy (non-hydrogen) atoms. The molecule has 1 aliphatic heterocycles. The Labute approximate surface area is 191 Å². The van der Waals surface area contributed by atoms with Crippen molar-refractivity contribution in [1.82, 2.24) is 5.01 Å². The standard InChI is InChI=1S/C20H14F7N3O5/c21-18(22,19(23,24)20(25,26)27)17(32)10-15(12-4-2-1-3-5-12)28-29(17)16(31)11-35-14-8-6-13(7-9-14)30(33)34/h1-9,32H,10-11H2/t17-/m1/s1. The summed E-state index contributed by atoms with van der Waals surface area (Å²) in [4.78, 5) is 22.5. The second-order valence-corrected chi connectivity index (χ2v) is 7.30. The fourth-order valence-electron chi connectivity index (χ4n) is 3.14. The molecule has 0 fully saturated rings. The number of non-ortho nitro benzene ring substituents is 1. The van der Waals surface area contributed by atoms with Crippen LogP contribution in [0.4, 0.5) is 36.4 Å². The molecule has 1 amide bonds. The van der Waals surface area contributed by atoms with E-state index in [-0.39, 0.29) is 17.0 Å². The molecule has 0 spiro atoms. The van der Waals surface area contributed by atoms with Crippen LogP contribution in [0, 0.1) is 10.1 Å². The van der Waals surface area contributed by atoms with Crippen molar-refractivity contribution in [3.05, 3.63) is 70.3 Å². The maximum atomic E-state index is 14.7. The first-order chi connectivity index (χ1) is 16.1. The Bertz CT molecular complexity index is 1140. The number of nitro benzene ring substituents is 1. The van der Waals surface area contributed by atoms with Crippen molar-refractivity contribution in [3.8, 4) is 5.75 Å². The molecule has 0 aliphatic carbocycles. The number of nitrogens with zero attached hydrogens (tertiary/aromatic N) is 3. The minimum absolute atomic E-state index is 0.0244. The highest BCUT2D eigenvalue weighted by Gasteiger charge is 2.82. The number of amides is 1. The molecule has 1 aliphatic rings. The molecule has 1 N–H and O–H groups in total. The zero-order chi connectivity index (χ0) is 26.2. The first-order valence-electron chi connectivity index (χ1n) is 9.50. The number of halogens is 7. The summed E-state index contributed by atoms with van der Waals surface area (Å²) < 4.78 is 100. The number of hydrazone groups is 1. The van der Waals surface area contributed by atoms with Crippen molar-refractivity contribution >= 4 is 17.3 Å². The van der Waals surface area contributed by atoms with Crippen molar-refractivity contribution < 1.29 is 50.3 Å². The van der Waals surface area contributed by atoms with Crippen LogP contribution in [0.3, 0.4) is 0 Å². The highest BCUT2D eigenvalue weighted by Crippen LogP contribution is 2.54. The number of hydrogen-bond acceptors (Lipinski definition) is 6. The third kappa shape index (κ3) is 4.50. The molecular formula is C20H14F7N3O5. The Balaban J connectivity index is 1.95. The molecule has 1 atom stereocenters. The Kier molecular flexibility index (Phi) is 6.50. The van der Waals surface area contributed by atoms with Crippen molar-refractivity contribution in [2.75, 3.05) is 6.61 Å². The first kappa shape index (κ1) is 25.9. The van der Waals surface area contributed by atoms with Crippen molar-refractivity contribution in [1.29, 1.82) is 0 Å². The SMILES string of the molecule is O=C(COc1ccc([N+](=O)[O-])cc1)N1N=C(c2ccccc2)C[C@@]1(O)C(F)(F)C(F)(F)C(F)(F)F. The van der Waals surface area contributed by atoms with Gasteiger partial charge in [0.05, 0.1) is 10.6 Å². The van der Waals surface area contributed by atoms with Gasteiger partial charge in [-0.25, -0.2) is 0 Å².